The van der Waals surface area contributed by atoms with E-state index in [1.807, 2.05) is 0 Å². The number of nitrogens with one attached hydrogen (secondary N) is 2. The Kier molecular flexibility index (Phi) is 8.55. The first kappa shape index (κ1) is 22.6. The van der Waals surface area contributed by atoms with Crippen molar-refractivity contribution in [3.63, 3.8) is 0 Å². The molecular weight excluding hydrogens is 374 g/mol. The lowest BCUT2D eigenvalue weighted by molar-refractivity contribution is -0.134. The van der Waals surface area contributed by atoms with Gasteiger partial charge in [0.05, 0.1) is 6.54 Å². The van der Waals surface area contributed by atoms with Crippen LogP contribution in [0.5, 0.6) is 0 Å². The molecule has 30 heavy (non-hydrogen) atoms. The SMILES string of the molecule is CCNC(=NCc1cccc(CN(C)CC)c1)NC1CCN(C(=O)C2CCCC2)C1. The van der Waals surface area contributed by atoms with Gasteiger partial charge in [-0.3, -0.25) is 4.79 Å². The maximum atomic E-state index is 12.7. The summed E-state index contributed by atoms with van der Waals surface area (Å²) in [5, 5.41) is 6.92. The Morgan fingerprint density at radius 2 is 1.97 bits per heavy atom. The highest BCUT2D eigenvalue weighted by Crippen LogP contribution is 2.27. The van der Waals surface area contributed by atoms with Gasteiger partial charge in [0.2, 0.25) is 5.91 Å². The highest BCUT2D eigenvalue weighted by Gasteiger charge is 2.32. The van der Waals surface area contributed by atoms with Gasteiger partial charge in [0.25, 0.3) is 0 Å². The molecule has 1 unspecified atom stereocenters. The Hall–Kier alpha value is -2.08. The van der Waals surface area contributed by atoms with Gasteiger partial charge >= 0.3 is 0 Å². The zero-order valence-electron chi connectivity index (χ0n) is 19.0. The zero-order chi connectivity index (χ0) is 21.3. The number of likely N-dealkylation sites (tertiary alicyclic amines) is 1. The number of carbonyl (C=O) groups excluding carboxylic acids is 1. The zero-order valence-corrected chi connectivity index (χ0v) is 19.0. The molecule has 1 aliphatic carbocycles. The molecule has 1 heterocycles. The number of guanidine groups is 1. The molecule has 1 saturated carbocycles. The van der Waals surface area contributed by atoms with E-state index in [0.717, 1.165) is 57.9 Å². The summed E-state index contributed by atoms with van der Waals surface area (Å²) in [5.74, 6) is 1.48. The van der Waals surface area contributed by atoms with Crippen molar-refractivity contribution in [3.8, 4) is 0 Å². The lowest BCUT2D eigenvalue weighted by atomic mass is 10.1. The minimum atomic E-state index is 0.268. The summed E-state index contributed by atoms with van der Waals surface area (Å²) >= 11 is 0. The molecule has 2 N–H and O–H groups in total. The van der Waals surface area contributed by atoms with E-state index in [4.69, 9.17) is 4.99 Å². The third-order valence-corrected chi connectivity index (χ3v) is 6.29. The van der Waals surface area contributed by atoms with Gasteiger partial charge in [-0.25, -0.2) is 4.99 Å². The van der Waals surface area contributed by atoms with Gasteiger partial charge in [0, 0.05) is 38.1 Å². The minimum Gasteiger partial charge on any atom is -0.357 e. The predicted molar refractivity (Wildman–Crippen MR) is 123 cm³/mol. The quantitative estimate of drug-likeness (QED) is 0.508. The first-order valence-electron chi connectivity index (χ1n) is 11.7. The molecule has 166 valence electrons. The van der Waals surface area contributed by atoms with Gasteiger partial charge in [-0.1, -0.05) is 44.0 Å². The Morgan fingerprint density at radius 3 is 2.70 bits per heavy atom. The number of aliphatic imine (C=N–C) groups is 1. The molecule has 0 aromatic heterocycles. The lowest BCUT2D eigenvalue weighted by Gasteiger charge is -2.21. The Labute approximate surface area is 182 Å². The maximum absolute atomic E-state index is 12.7. The van der Waals surface area contributed by atoms with Crippen LogP contribution < -0.4 is 10.6 Å². The highest BCUT2D eigenvalue weighted by molar-refractivity contribution is 5.81. The molecule has 1 aromatic carbocycles. The summed E-state index contributed by atoms with van der Waals surface area (Å²) in [4.78, 5) is 21.9. The van der Waals surface area contributed by atoms with Crippen LogP contribution in [-0.4, -0.2) is 60.9 Å². The molecule has 3 rings (SSSR count). The number of nitrogens with zero attached hydrogens (tertiary/aromatic N) is 3. The van der Waals surface area contributed by atoms with E-state index < -0.39 is 0 Å². The molecule has 2 fully saturated rings. The largest absolute Gasteiger partial charge is 0.357 e. The van der Waals surface area contributed by atoms with Crippen molar-refractivity contribution < 1.29 is 4.79 Å². The molecular formula is C24H39N5O. The number of hydrogen-bond acceptors (Lipinski definition) is 3. The van der Waals surface area contributed by atoms with E-state index in [9.17, 15) is 4.79 Å². The van der Waals surface area contributed by atoms with Crippen LogP contribution in [0, 0.1) is 5.92 Å². The van der Waals surface area contributed by atoms with Crippen molar-refractivity contribution >= 4 is 11.9 Å². The van der Waals surface area contributed by atoms with Crippen LogP contribution in [0.4, 0.5) is 0 Å². The summed E-state index contributed by atoms with van der Waals surface area (Å²) in [5.41, 5.74) is 2.54. The van der Waals surface area contributed by atoms with Gasteiger partial charge < -0.3 is 20.4 Å². The van der Waals surface area contributed by atoms with Crippen molar-refractivity contribution in [2.45, 2.75) is 65.1 Å². The molecule has 1 aliphatic heterocycles. The standard InChI is InChI=1S/C24H39N5O/c1-4-25-24(26-16-19-9-8-10-20(15-19)17-28(3)5-2)27-22-13-14-29(18-22)23(30)21-11-6-7-12-21/h8-10,15,21-22H,4-7,11-14,16-18H2,1-3H3,(H2,25,26,27). The normalized spacial score (nSPS) is 20.2. The van der Waals surface area contributed by atoms with Gasteiger partial charge in [-0.05, 0) is 50.9 Å². The fraction of sp³-hybridized carbons (Fsp3) is 0.667. The maximum Gasteiger partial charge on any atom is 0.225 e. The number of hydrogen-bond donors (Lipinski definition) is 2. The Balaban J connectivity index is 1.55. The van der Waals surface area contributed by atoms with Gasteiger partial charge in [-0.2, -0.15) is 0 Å². The fourth-order valence-corrected chi connectivity index (χ4v) is 4.44. The van der Waals surface area contributed by atoms with E-state index in [-0.39, 0.29) is 12.0 Å². The molecule has 1 atom stereocenters. The van der Waals surface area contributed by atoms with E-state index in [1.54, 1.807) is 0 Å². The summed E-state index contributed by atoms with van der Waals surface area (Å²) in [6, 6.07) is 8.96. The van der Waals surface area contributed by atoms with E-state index >= 15 is 0 Å². The van der Waals surface area contributed by atoms with E-state index in [1.165, 1.54) is 24.0 Å². The van der Waals surface area contributed by atoms with Gasteiger partial charge in [0.15, 0.2) is 5.96 Å². The summed E-state index contributed by atoms with van der Waals surface area (Å²) in [6.07, 6.45) is 5.55. The number of benzene rings is 1. The molecule has 0 bridgehead atoms. The van der Waals surface area contributed by atoms with Crippen LogP contribution >= 0.6 is 0 Å². The van der Waals surface area contributed by atoms with Crippen LogP contribution in [0.15, 0.2) is 29.3 Å². The average molecular weight is 414 g/mol. The predicted octanol–water partition coefficient (Wildman–Crippen LogP) is 2.98. The molecule has 6 nitrogen and oxygen atoms in total. The van der Waals surface area contributed by atoms with Crippen LogP contribution in [0.25, 0.3) is 0 Å². The van der Waals surface area contributed by atoms with Crippen molar-refractivity contribution in [1.82, 2.24) is 20.4 Å². The van der Waals surface area contributed by atoms with Crippen LogP contribution in [0.1, 0.15) is 57.1 Å². The highest BCUT2D eigenvalue weighted by atomic mass is 16.2. The van der Waals surface area contributed by atoms with Crippen molar-refractivity contribution in [3.05, 3.63) is 35.4 Å². The van der Waals surface area contributed by atoms with Crippen LogP contribution in [0.2, 0.25) is 0 Å². The molecule has 6 heteroatoms. The Bertz CT molecular complexity index is 713. The summed E-state index contributed by atoms with van der Waals surface area (Å²) in [6.45, 7) is 9.38. The second kappa shape index (κ2) is 11.3. The molecule has 1 amide bonds. The summed E-state index contributed by atoms with van der Waals surface area (Å²) < 4.78 is 0. The Morgan fingerprint density at radius 1 is 1.20 bits per heavy atom. The number of rotatable bonds is 8. The molecule has 0 radical (unpaired) electrons. The second-order valence-electron chi connectivity index (χ2n) is 8.74. The van der Waals surface area contributed by atoms with Crippen LogP contribution in [-0.2, 0) is 17.9 Å². The first-order valence-corrected chi connectivity index (χ1v) is 11.7. The molecule has 0 spiro atoms. The van der Waals surface area contributed by atoms with Crippen LogP contribution in [0.3, 0.4) is 0 Å². The third-order valence-electron chi connectivity index (χ3n) is 6.29. The topological polar surface area (TPSA) is 60.0 Å². The molecule has 1 saturated heterocycles. The minimum absolute atomic E-state index is 0.268. The fourth-order valence-electron chi connectivity index (χ4n) is 4.44. The van der Waals surface area contributed by atoms with Crippen molar-refractivity contribution in [2.75, 3.05) is 33.2 Å². The molecule has 1 aromatic rings. The third kappa shape index (κ3) is 6.46. The lowest BCUT2D eigenvalue weighted by Crippen LogP contribution is -2.45. The second-order valence-corrected chi connectivity index (χ2v) is 8.74. The van der Waals surface area contributed by atoms with E-state index in [0.29, 0.717) is 12.5 Å². The molecule has 2 aliphatic rings. The summed E-state index contributed by atoms with van der Waals surface area (Å²) in [7, 11) is 2.14. The van der Waals surface area contributed by atoms with Gasteiger partial charge in [-0.15, -0.1) is 0 Å². The number of amides is 1. The van der Waals surface area contributed by atoms with Gasteiger partial charge in [0.1, 0.15) is 0 Å². The average Bonchev–Trinajstić information content (AvgIpc) is 3.44. The van der Waals surface area contributed by atoms with E-state index in [2.05, 4.69) is 65.6 Å². The van der Waals surface area contributed by atoms with Crippen molar-refractivity contribution in [1.29, 1.82) is 0 Å². The monoisotopic (exact) mass is 413 g/mol. The smallest absolute Gasteiger partial charge is 0.225 e. The van der Waals surface area contributed by atoms with Crippen molar-refractivity contribution in [2.24, 2.45) is 10.9 Å². The first-order chi connectivity index (χ1) is 14.6. The number of carbonyl (C=O) groups is 1.